The van der Waals surface area contributed by atoms with Gasteiger partial charge in [0.25, 0.3) is 0 Å². The molecular weight excluding hydrogens is 320 g/mol. The van der Waals surface area contributed by atoms with Crippen molar-refractivity contribution in [1.29, 1.82) is 0 Å². The van der Waals surface area contributed by atoms with E-state index in [1.807, 2.05) is 26.8 Å². The van der Waals surface area contributed by atoms with Crippen molar-refractivity contribution in [1.82, 2.24) is 0 Å². The summed E-state index contributed by atoms with van der Waals surface area (Å²) in [4.78, 5) is 12.2. The van der Waals surface area contributed by atoms with Gasteiger partial charge in [-0.25, -0.2) is 0 Å². The van der Waals surface area contributed by atoms with Gasteiger partial charge in [-0.05, 0) is 54.7 Å². The Hall–Kier alpha value is -2.73. The third-order valence-corrected chi connectivity index (χ3v) is 4.11. The van der Waals surface area contributed by atoms with Crippen molar-refractivity contribution in [3.05, 3.63) is 35.4 Å². The van der Waals surface area contributed by atoms with Crippen molar-refractivity contribution in [3.63, 3.8) is 0 Å². The SMILES string of the molecule is Cc1cc(NC(=O)[C@@H](N)C(C)C)cc(-c2c(C)cc(O)c(O)c2O)c1. The Kier molecular flexibility index (Phi) is 5.23. The van der Waals surface area contributed by atoms with Gasteiger partial charge in [-0.3, -0.25) is 4.79 Å². The van der Waals surface area contributed by atoms with Crippen LogP contribution in [0.25, 0.3) is 11.1 Å². The van der Waals surface area contributed by atoms with E-state index in [0.29, 0.717) is 22.4 Å². The standard InChI is InChI=1S/C19H24N2O4/c1-9(2)16(20)19(25)21-13-6-10(3)5-12(8-13)15-11(4)7-14(22)17(23)18(15)24/h5-9,16,22-24H,20H2,1-4H3,(H,21,25)/t16-/m0/s1. The van der Waals surface area contributed by atoms with Crippen LogP contribution in [0.1, 0.15) is 25.0 Å². The van der Waals surface area contributed by atoms with Crippen molar-refractivity contribution >= 4 is 11.6 Å². The molecule has 6 heteroatoms. The summed E-state index contributed by atoms with van der Waals surface area (Å²) in [5.74, 6) is -1.65. The van der Waals surface area contributed by atoms with E-state index in [4.69, 9.17) is 5.73 Å². The number of aryl methyl sites for hydroxylation is 2. The third-order valence-electron chi connectivity index (χ3n) is 4.11. The third kappa shape index (κ3) is 3.85. The van der Waals surface area contributed by atoms with Gasteiger partial charge in [-0.1, -0.05) is 19.9 Å². The van der Waals surface area contributed by atoms with Crippen LogP contribution >= 0.6 is 0 Å². The number of amides is 1. The number of hydrogen-bond acceptors (Lipinski definition) is 5. The summed E-state index contributed by atoms with van der Waals surface area (Å²) in [6, 6.07) is 6.05. The van der Waals surface area contributed by atoms with Crippen molar-refractivity contribution in [2.45, 2.75) is 33.7 Å². The summed E-state index contributed by atoms with van der Waals surface area (Å²) in [6.45, 7) is 7.30. The Bertz CT molecular complexity index is 816. The first kappa shape index (κ1) is 18.6. The van der Waals surface area contributed by atoms with Gasteiger partial charge in [0.2, 0.25) is 11.7 Å². The van der Waals surface area contributed by atoms with Crippen molar-refractivity contribution in [2.24, 2.45) is 11.7 Å². The molecule has 2 aromatic rings. The Balaban J connectivity index is 2.48. The van der Waals surface area contributed by atoms with Crippen LogP contribution in [0.4, 0.5) is 5.69 Å². The molecule has 0 bridgehead atoms. The average Bonchev–Trinajstić information content (AvgIpc) is 2.51. The minimum absolute atomic E-state index is 0.00427. The van der Waals surface area contributed by atoms with E-state index in [1.54, 1.807) is 19.1 Å². The second-order valence-electron chi connectivity index (χ2n) is 6.63. The maximum Gasteiger partial charge on any atom is 0.241 e. The highest BCUT2D eigenvalue weighted by Gasteiger charge is 2.19. The lowest BCUT2D eigenvalue weighted by Gasteiger charge is -2.17. The largest absolute Gasteiger partial charge is 0.504 e. The summed E-state index contributed by atoms with van der Waals surface area (Å²) in [6.07, 6.45) is 0. The summed E-state index contributed by atoms with van der Waals surface area (Å²) >= 11 is 0. The number of rotatable bonds is 4. The Morgan fingerprint density at radius 1 is 1.04 bits per heavy atom. The monoisotopic (exact) mass is 344 g/mol. The summed E-state index contributed by atoms with van der Waals surface area (Å²) in [7, 11) is 0. The fourth-order valence-corrected chi connectivity index (χ4v) is 2.66. The van der Waals surface area contributed by atoms with Gasteiger partial charge >= 0.3 is 0 Å². The van der Waals surface area contributed by atoms with Crippen LogP contribution in [0, 0.1) is 19.8 Å². The maximum atomic E-state index is 12.2. The van der Waals surface area contributed by atoms with Gasteiger partial charge < -0.3 is 26.4 Å². The summed E-state index contributed by atoms with van der Waals surface area (Å²) in [5, 5.41) is 32.4. The number of carbonyl (C=O) groups is 1. The van der Waals surface area contributed by atoms with Crippen molar-refractivity contribution in [3.8, 4) is 28.4 Å². The lowest BCUT2D eigenvalue weighted by molar-refractivity contribution is -0.118. The lowest BCUT2D eigenvalue weighted by Crippen LogP contribution is -2.39. The number of carbonyl (C=O) groups excluding carboxylic acids is 1. The van der Waals surface area contributed by atoms with Crippen LogP contribution in [0.5, 0.6) is 17.2 Å². The molecule has 0 aliphatic heterocycles. The molecular formula is C19H24N2O4. The lowest BCUT2D eigenvalue weighted by atomic mass is 9.96. The van der Waals surface area contributed by atoms with Gasteiger partial charge in [0, 0.05) is 11.3 Å². The van der Waals surface area contributed by atoms with Gasteiger partial charge in [-0.2, -0.15) is 0 Å². The smallest absolute Gasteiger partial charge is 0.241 e. The summed E-state index contributed by atoms with van der Waals surface area (Å²) in [5.41, 5.74) is 8.86. The minimum Gasteiger partial charge on any atom is -0.504 e. The number of nitrogens with one attached hydrogen (secondary N) is 1. The fraction of sp³-hybridized carbons (Fsp3) is 0.316. The Labute approximate surface area is 146 Å². The molecule has 2 rings (SSSR count). The number of phenols is 3. The topological polar surface area (TPSA) is 116 Å². The second-order valence-corrected chi connectivity index (χ2v) is 6.63. The molecule has 2 aromatic carbocycles. The van der Waals surface area contributed by atoms with Crippen LogP contribution in [0.3, 0.4) is 0 Å². The van der Waals surface area contributed by atoms with Crippen LogP contribution in [-0.4, -0.2) is 27.3 Å². The first-order valence-corrected chi connectivity index (χ1v) is 8.04. The highest BCUT2D eigenvalue weighted by Crippen LogP contribution is 2.45. The minimum atomic E-state index is -0.628. The summed E-state index contributed by atoms with van der Waals surface area (Å²) < 4.78 is 0. The molecule has 6 N–H and O–H groups in total. The molecule has 6 nitrogen and oxygen atoms in total. The molecule has 0 saturated heterocycles. The van der Waals surface area contributed by atoms with Gasteiger partial charge in [0.15, 0.2) is 11.5 Å². The van der Waals surface area contributed by atoms with E-state index in [1.165, 1.54) is 6.07 Å². The number of hydrogen-bond donors (Lipinski definition) is 5. The van der Waals surface area contributed by atoms with Gasteiger partial charge in [0.05, 0.1) is 6.04 Å². The molecule has 0 spiro atoms. The first-order chi connectivity index (χ1) is 11.6. The van der Waals surface area contributed by atoms with Crippen LogP contribution in [0.2, 0.25) is 0 Å². The molecule has 0 fully saturated rings. The van der Waals surface area contributed by atoms with Crippen LogP contribution in [-0.2, 0) is 4.79 Å². The molecule has 0 radical (unpaired) electrons. The van der Waals surface area contributed by atoms with Gasteiger partial charge in [-0.15, -0.1) is 0 Å². The molecule has 0 aliphatic rings. The van der Waals surface area contributed by atoms with E-state index in [0.717, 1.165) is 5.56 Å². The zero-order valence-electron chi connectivity index (χ0n) is 14.8. The number of anilines is 1. The second kappa shape index (κ2) is 7.03. The molecule has 0 heterocycles. The molecule has 25 heavy (non-hydrogen) atoms. The van der Waals surface area contributed by atoms with E-state index >= 15 is 0 Å². The quantitative estimate of drug-likeness (QED) is 0.547. The Morgan fingerprint density at radius 2 is 1.68 bits per heavy atom. The molecule has 1 amide bonds. The van der Waals surface area contributed by atoms with Crippen molar-refractivity contribution in [2.75, 3.05) is 5.32 Å². The Morgan fingerprint density at radius 3 is 2.28 bits per heavy atom. The van der Waals surface area contributed by atoms with E-state index in [2.05, 4.69) is 5.32 Å². The van der Waals surface area contributed by atoms with Crippen molar-refractivity contribution < 1.29 is 20.1 Å². The van der Waals surface area contributed by atoms with Crippen LogP contribution < -0.4 is 11.1 Å². The van der Waals surface area contributed by atoms with Gasteiger partial charge in [0.1, 0.15) is 0 Å². The fourth-order valence-electron chi connectivity index (χ4n) is 2.66. The van der Waals surface area contributed by atoms with E-state index in [-0.39, 0.29) is 17.6 Å². The highest BCUT2D eigenvalue weighted by atomic mass is 16.3. The number of nitrogens with two attached hydrogens (primary N) is 1. The molecule has 0 aliphatic carbocycles. The average molecular weight is 344 g/mol. The number of phenolic OH excluding ortho intramolecular Hbond substituents is 3. The normalized spacial score (nSPS) is 12.2. The number of aromatic hydroxyl groups is 3. The predicted octanol–water partition coefficient (Wildman–Crippen LogP) is 3.01. The number of benzene rings is 2. The molecule has 134 valence electrons. The van der Waals surface area contributed by atoms with E-state index < -0.39 is 17.5 Å². The molecule has 0 unspecified atom stereocenters. The predicted molar refractivity (Wildman–Crippen MR) is 97.8 cm³/mol. The zero-order valence-corrected chi connectivity index (χ0v) is 14.8. The van der Waals surface area contributed by atoms with E-state index in [9.17, 15) is 20.1 Å². The maximum absolute atomic E-state index is 12.2. The molecule has 0 aromatic heterocycles. The highest BCUT2D eigenvalue weighted by molar-refractivity contribution is 5.96. The zero-order chi connectivity index (χ0) is 18.9. The molecule has 1 atom stereocenters. The molecule has 0 saturated carbocycles. The van der Waals surface area contributed by atoms with Crippen LogP contribution in [0.15, 0.2) is 24.3 Å². The first-order valence-electron chi connectivity index (χ1n) is 8.04.